The summed E-state index contributed by atoms with van der Waals surface area (Å²) in [7, 11) is 0. The molecule has 14 heavy (non-hydrogen) atoms. The monoisotopic (exact) mass is 192 g/mol. The molecule has 0 radical (unpaired) electrons. The second-order valence-corrected chi connectivity index (χ2v) is 4.94. The molecular formula is C13H20O. The number of carbonyl (C=O) groups excluding carboxylic acids is 1. The van der Waals surface area contributed by atoms with Crippen LogP contribution in [0.3, 0.4) is 0 Å². The minimum absolute atomic E-state index is 0.0922. The SMILES string of the molecule is C=C(CC[C@@]1(C)C=CC(=O)C1)C(C)C. The van der Waals surface area contributed by atoms with E-state index in [1.807, 2.05) is 0 Å². The molecule has 1 heteroatoms. The van der Waals surface area contributed by atoms with Crippen molar-refractivity contribution in [2.45, 2.75) is 40.0 Å². The van der Waals surface area contributed by atoms with Gasteiger partial charge in [0.25, 0.3) is 0 Å². The Morgan fingerprint density at radius 1 is 1.64 bits per heavy atom. The lowest BCUT2D eigenvalue weighted by atomic mass is 9.82. The van der Waals surface area contributed by atoms with Crippen molar-refractivity contribution in [3.8, 4) is 0 Å². The van der Waals surface area contributed by atoms with E-state index in [9.17, 15) is 4.79 Å². The van der Waals surface area contributed by atoms with E-state index in [-0.39, 0.29) is 11.2 Å². The summed E-state index contributed by atoms with van der Waals surface area (Å²) in [5, 5.41) is 0. The number of hydrogen-bond acceptors (Lipinski definition) is 1. The van der Waals surface area contributed by atoms with Crippen LogP contribution in [0.25, 0.3) is 0 Å². The van der Waals surface area contributed by atoms with Crippen LogP contribution in [-0.2, 0) is 4.79 Å². The molecule has 1 aliphatic rings. The second-order valence-electron chi connectivity index (χ2n) is 4.94. The molecule has 0 aromatic rings. The fourth-order valence-corrected chi connectivity index (χ4v) is 1.72. The highest BCUT2D eigenvalue weighted by atomic mass is 16.1. The molecule has 78 valence electrons. The lowest BCUT2D eigenvalue weighted by molar-refractivity contribution is -0.115. The van der Waals surface area contributed by atoms with Gasteiger partial charge in [-0.05, 0) is 30.3 Å². The van der Waals surface area contributed by atoms with Gasteiger partial charge in [0, 0.05) is 6.42 Å². The number of hydrogen-bond donors (Lipinski definition) is 0. The van der Waals surface area contributed by atoms with E-state index in [2.05, 4.69) is 33.4 Å². The van der Waals surface area contributed by atoms with E-state index in [1.54, 1.807) is 6.08 Å². The zero-order valence-electron chi connectivity index (χ0n) is 9.47. The molecule has 1 rings (SSSR count). The molecule has 0 amide bonds. The molecule has 0 fully saturated rings. The van der Waals surface area contributed by atoms with Crippen LogP contribution >= 0.6 is 0 Å². The summed E-state index contributed by atoms with van der Waals surface area (Å²) >= 11 is 0. The van der Waals surface area contributed by atoms with Gasteiger partial charge in [-0.1, -0.05) is 39.0 Å². The van der Waals surface area contributed by atoms with Crippen LogP contribution in [0.5, 0.6) is 0 Å². The van der Waals surface area contributed by atoms with Crippen LogP contribution in [-0.4, -0.2) is 5.78 Å². The van der Waals surface area contributed by atoms with Gasteiger partial charge in [0.1, 0.15) is 0 Å². The van der Waals surface area contributed by atoms with Crippen LogP contribution in [0.15, 0.2) is 24.3 Å². The quantitative estimate of drug-likeness (QED) is 0.623. The molecule has 0 aromatic carbocycles. The molecule has 0 aromatic heterocycles. The van der Waals surface area contributed by atoms with Gasteiger partial charge in [0.15, 0.2) is 5.78 Å². The summed E-state index contributed by atoms with van der Waals surface area (Å²) in [5.74, 6) is 0.822. The summed E-state index contributed by atoms with van der Waals surface area (Å²) in [6.07, 6.45) is 6.54. The highest BCUT2D eigenvalue weighted by molar-refractivity contribution is 5.92. The third-order valence-corrected chi connectivity index (χ3v) is 3.08. The first kappa shape index (κ1) is 11.2. The van der Waals surface area contributed by atoms with Gasteiger partial charge >= 0.3 is 0 Å². The molecule has 1 aliphatic carbocycles. The molecule has 0 saturated carbocycles. The van der Waals surface area contributed by atoms with Gasteiger partial charge in [-0.2, -0.15) is 0 Å². The Kier molecular flexibility index (Phi) is 3.30. The van der Waals surface area contributed by atoms with Crippen molar-refractivity contribution in [1.82, 2.24) is 0 Å². The lowest BCUT2D eigenvalue weighted by Gasteiger charge is -2.22. The van der Waals surface area contributed by atoms with Crippen molar-refractivity contribution in [2.24, 2.45) is 11.3 Å². The summed E-state index contributed by atoms with van der Waals surface area (Å²) < 4.78 is 0. The van der Waals surface area contributed by atoms with Crippen LogP contribution in [0.4, 0.5) is 0 Å². The zero-order valence-corrected chi connectivity index (χ0v) is 9.47. The largest absolute Gasteiger partial charge is 0.295 e. The first-order valence-electron chi connectivity index (χ1n) is 5.33. The minimum Gasteiger partial charge on any atom is -0.295 e. The van der Waals surface area contributed by atoms with Crippen molar-refractivity contribution >= 4 is 5.78 Å². The van der Waals surface area contributed by atoms with Crippen LogP contribution < -0.4 is 0 Å². The maximum atomic E-state index is 11.1. The molecule has 0 saturated heterocycles. The zero-order chi connectivity index (χ0) is 10.8. The lowest BCUT2D eigenvalue weighted by Crippen LogP contribution is -2.12. The normalized spacial score (nSPS) is 26.1. The number of rotatable bonds is 4. The van der Waals surface area contributed by atoms with Gasteiger partial charge in [0.2, 0.25) is 0 Å². The van der Waals surface area contributed by atoms with Crippen molar-refractivity contribution < 1.29 is 4.79 Å². The van der Waals surface area contributed by atoms with Crippen LogP contribution in [0.1, 0.15) is 40.0 Å². The van der Waals surface area contributed by atoms with Gasteiger partial charge < -0.3 is 0 Å². The first-order valence-corrected chi connectivity index (χ1v) is 5.33. The maximum Gasteiger partial charge on any atom is 0.156 e. The Bertz CT molecular complexity index is 273. The topological polar surface area (TPSA) is 17.1 Å². The standard InChI is InChI=1S/C13H20O/c1-10(2)11(3)5-7-13(4)8-6-12(14)9-13/h6,8,10H,3,5,7,9H2,1-2,4H3/t13-/m0/s1. The summed E-state index contributed by atoms with van der Waals surface area (Å²) in [6.45, 7) is 10.5. The number of ketones is 1. The minimum atomic E-state index is 0.0922. The van der Waals surface area contributed by atoms with Crippen molar-refractivity contribution in [2.75, 3.05) is 0 Å². The van der Waals surface area contributed by atoms with Gasteiger partial charge in [-0.25, -0.2) is 0 Å². The van der Waals surface area contributed by atoms with E-state index in [0.717, 1.165) is 12.8 Å². The molecule has 0 unspecified atom stereocenters. The Morgan fingerprint density at radius 3 is 2.71 bits per heavy atom. The number of allylic oxidation sites excluding steroid dienone is 3. The predicted molar refractivity (Wildman–Crippen MR) is 60.1 cm³/mol. The van der Waals surface area contributed by atoms with E-state index in [4.69, 9.17) is 0 Å². The predicted octanol–water partition coefficient (Wildman–Crippen LogP) is 3.51. The first-order chi connectivity index (χ1) is 6.43. The number of carbonyl (C=O) groups is 1. The molecule has 0 heterocycles. The van der Waals surface area contributed by atoms with Gasteiger partial charge in [-0.15, -0.1) is 0 Å². The Hall–Kier alpha value is -0.850. The second kappa shape index (κ2) is 4.12. The Morgan fingerprint density at radius 2 is 2.29 bits per heavy atom. The summed E-state index contributed by atoms with van der Waals surface area (Å²) in [4.78, 5) is 11.1. The average Bonchev–Trinajstić information content (AvgIpc) is 2.43. The smallest absolute Gasteiger partial charge is 0.156 e. The van der Waals surface area contributed by atoms with Crippen LogP contribution in [0.2, 0.25) is 0 Å². The van der Waals surface area contributed by atoms with E-state index < -0.39 is 0 Å². The molecule has 0 aliphatic heterocycles. The Balaban J connectivity index is 2.42. The molecule has 0 spiro atoms. The fourth-order valence-electron chi connectivity index (χ4n) is 1.72. The molecule has 0 bridgehead atoms. The highest BCUT2D eigenvalue weighted by Crippen LogP contribution is 2.35. The van der Waals surface area contributed by atoms with Crippen molar-refractivity contribution in [3.05, 3.63) is 24.3 Å². The van der Waals surface area contributed by atoms with Crippen molar-refractivity contribution in [3.63, 3.8) is 0 Å². The Labute approximate surface area is 86.9 Å². The van der Waals surface area contributed by atoms with Crippen LogP contribution in [0, 0.1) is 11.3 Å². The van der Waals surface area contributed by atoms with E-state index in [1.165, 1.54) is 5.57 Å². The third-order valence-electron chi connectivity index (χ3n) is 3.08. The van der Waals surface area contributed by atoms with E-state index in [0.29, 0.717) is 12.3 Å². The average molecular weight is 192 g/mol. The fraction of sp³-hybridized carbons (Fsp3) is 0.615. The van der Waals surface area contributed by atoms with Crippen molar-refractivity contribution in [1.29, 1.82) is 0 Å². The van der Waals surface area contributed by atoms with E-state index >= 15 is 0 Å². The third kappa shape index (κ3) is 2.83. The molecule has 0 N–H and O–H groups in total. The maximum absolute atomic E-state index is 11.1. The molecule has 1 atom stereocenters. The molecular weight excluding hydrogens is 172 g/mol. The van der Waals surface area contributed by atoms with Gasteiger partial charge in [0.05, 0.1) is 0 Å². The highest BCUT2D eigenvalue weighted by Gasteiger charge is 2.28. The summed E-state index contributed by atoms with van der Waals surface area (Å²) in [6, 6.07) is 0. The molecule has 1 nitrogen and oxygen atoms in total. The van der Waals surface area contributed by atoms with Gasteiger partial charge in [-0.3, -0.25) is 4.79 Å². The summed E-state index contributed by atoms with van der Waals surface area (Å²) in [5.41, 5.74) is 1.38.